The molecule has 1 N–H and O–H groups in total. The van der Waals surface area contributed by atoms with Crippen molar-refractivity contribution in [2.45, 2.75) is 67.2 Å². The van der Waals surface area contributed by atoms with Gasteiger partial charge in [-0.2, -0.15) is 25.7 Å². The molecule has 3 heterocycles. The first kappa shape index (κ1) is 78.4. The summed E-state index contributed by atoms with van der Waals surface area (Å²) in [6.45, 7) is 43.9. The minimum atomic E-state index is -1.29. The smallest absolute Gasteiger partial charge is 0.550 e. The van der Waals surface area contributed by atoms with E-state index in [0.717, 1.165) is 47.8 Å². The average molecular weight is 1280 g/mol. The molecule has 1 aliphatic heterocycles. The molecule has 1 aliphatic rings. The summed E-state index contributed by atoms with van der Waals surface area (Å²) in [6, 6.07) is 14.0. The van der Waals surface area contributed by atoms with Crippen LogP contribution < -0.4 is 44.5 Å². The molecule has 0 spiro atoms. The molecule has 0 aliphatic carbocycles. The van der Waals surface area contributed by atoms with Crippen molar-refractivity contribution >= 4 is 95.7 Å². The molecule has 5 rings (SSSR count). The number of carboxylic acids is 1. The summed E-state index contributed by atoms with van der Waals surface area (Å²) in [5, 5.41) is 46.7. The van der Waals surface area contributed by atoms with Crippen molar-refractivity contribution in [3.8, 4) is 6.07 Å². The fraction of sp³-hybridized carbons (Fsp3) is 0.533. The Bertz CT molecular complexity index is 3030. The number of ether oxygens (including phenoxy) is 10. The second-order valence-corrected chi connectivity index (χ2v) is 20.4. The topological polar surface area (TPSA) is 297 Å². The van der Waals surface area contributed by atoms with Crippen LogP contribution in [-0.2, 0) is 66.5 Å². The van der Waals surface area contributed by atoms with Crippen molar-refractivity contribution in [3.63, 3.8) is 0 Å². The zero-order chi connectivity index (χ0) is 64.3. The Morgan fingerprint density at radius 2 is 1.01 bits per heavy atom. The van der Waals surface area contributed by atoms with Gasteiger partial charge in [0.25, 0.3) is 0 Å². The van der Waals surface area contributed by atoms with Gasteiger partial charge in [-0.3, -0.25) is 14.4 Å². The van der Waals surface area contributed by atoms with Crippen LogP contribution in [0.25, 0.3) is 14.5 Å². The number of carbonyl (C=O) groups is 4. The van der Waals surface area contributed by atoms with Crippen LogP contribution in [0.1, 0.15) is 66.7 Å². The normalized spacial score (nSPS) is 11.6. The van der Waals surface area contributed by atoms with Crippen LogP contribution in [0.15, 0.2) is 56.9 Å². The van der Waals surface area contributed by atoms with Gasteiger partial charge in [0.15, 0.2) is 0 Å². The van der Waals surface area contributed by atoms with Crippen LogP contribution in [-0.4, -0.2) is 174 Å². The number of aliphatic hydroxyl groups excluding tert-OH is 1. The zero-order valence-corrected chi connectivity index (χ0v) is 55.3. The summed E-state index contributed by atoms with van der Waals surface area (Å²) in [5.41, 5.74) is 7.51. The molecule has 0 atom stereocenters. The largest absolute Gasteiger partial charge is 1.00 e. The number of carboxylic acid groups (broad SMARTS) is 1. The fourth-order valence-electron chi connectivity index (χ4n) is 7.48. The van der Waals surface area contributed by atoms with Crippen LogP contribution in [0.4, 0.5) is 49.1 Å². The molecule has 476 valence electrons. The van der Waals surface area contributed by atoms with Crippen LogP contribution in [0.2, 0.25) is 0 Å². The number of azo groups is 2. The quantitative estimate of drug-likeness (QED) is 0.0120. The number of aryl methyl sites for hydroxylation is 2. The Balaban J connectivity index is 0.000000545. The summed E-state index contributed by atoms with van der Waals surface area (Å²) < 4.78 is 52.5. The van der Waals surface area contributed by atoms with Gasteiger partial charge in [-0.1, -0.05) is 6.92 Å². The molecule has 1 saturated heterocycles. The van der Waals surface area contributed by atoms with Crippen LogP contribution in [0, 0.1) is 58.7 Å². The molecule has 0 unspecified atom stereocenters. The van der Waals surface area contributed by atoms with Crippen LogP contribution in [0.5, 0.6) is 0 Å². The van der Waals surface area contributed by atoms with Crippen molar-refractivity contribution in [2.24, 2.45) is 20.5 Å². The Morgan fingerprint density at radius 1 is 0.607 bits per heavy atom. The number of rotatable bonds is 40. The molecular weight excluding hydrogens is 1200 g/mol. The molecule has 1 fully saturated rings. The second kappa shape index (κ2) is 47.3. The number of esters is 3. The molecule has 0 bridgehead atoms. The van der Waals surface area contributed by atoms with E-state index in [2.05, 4.69) is 75.5 Å². The van der Waals surface area contributed by atoms with Gasteiger partial charge in [-0.15, -0.1) is 22.7 Å². The first-order valence-electron chi connectivity index (χ1n) is 28.3. The molecule has 29 heteroatoms. The van der Waals surface area contributed by atoms with Gasteiger partial charge < -0.3 is 72.2 Å². The van der Waals surface area contributed by atoms with Crippen LogP contribution >= 0.6 is 22.7 Å². The van der Waals surface area contributed by atoms with Crippen molar-refractivity contribution in [2.75, 3.05) is 155 Å². The van der Waals surface area contributed by atoms with Crippen molar-refractivity contribution in [1.29, 1.82) is 5.26 Å². The number of nitriles is 1. The van der Waals surface area contributed by atoms with Gasteiger partial charge in [0.05, 0.1) is 168 Å². The van der Waals surface area contributed by atoms with Crippen LogP contribution in [0.3, 0.4) is 0 Å². The Hall–Kier alpha value is -6.68. The van der Waals surface area contributed by atoms with Gasteiger partial charge in [0.2, 0.25) is 16.4 Å². The zero-order valence-electron chi connectivity index (χ0n) is 51.7. The SMILES string of the molecule is O=C1CCC(=O)O1.[C-]#[N+]c1c(N=Nc2ccc(N(CC)CCOCCOCCOCCOCCOC(=O)CCC(=O)[O-])cc2C)sc(C#N)c1C.[C-]#[N+]c1sc(N=Nc2ccc(N(CC)CCOCCOCCOCCOCCO)cc2C)c([N+]#[C-])c1C.[Na+]. The monoisotopic (exact) mass is 1280 g/mol. The number of nitrogens with zero attached hydrogens (tertiary/aromatic N) is 10. The maximum Gasteiger partial charge on any atom is 1.00 e. The molecule has 2 aromatic carbocycles. The van der Waals surface area contributed by atoms with Gasteiger partial charge in [-0.05, 0) is 99.7 Å². The minimum absolute atomic E-state index is 0. The molecule has 0 saturated carbocycles. The van der Waals surface area contributed by atoms with E-state index < -0.39 is 23.9 Å². The molecule has 2 aromatic heterocycles. The molecule has 0 radical (unpaired) electrons. The predicted molar refractivity (Wildman–Crippen MR) is 327 cm³/mol. The second-order valence-electron chi connectivity index (χ2n) is 18.4. The van der Waals surface area contributed by atoms with Gasteiger partial charge in [0, 0.05) is 43.5 Å². The average Bonchev–Trinajstić information content (AvgIpc) is 2.20. The van der Waals surface area contributed by atoms with E-state index >= 15 is 0 Å². The van der Waals surface area contributed by atoms with E-state index in [9.17, 15) is 29.5 Å². The number of carbonyl (C=O) groups excluding carboxylic acids is 4. The third-order valence-electron chi connectivity index (χ3n) is 12.2. The number of cyclic esters (lactones) is 2. The van der Waals surface area contributed by atoms with Gasteiger partial charge in [0.1, 0.15) is 22.7 Å². The molecule has 26 nitrogen and oxygen atoms in total. The Labute approximate surface area is 550 Å². The number of hydrogen-bond acceptors (Lipinski definition) is 25. The third kappa shape index (κ3) is 31.1. The van der Waals surface area contributed by atoms with Crippen molar-refractivity contribution in [3.05, 3.63) is 97.8 Å². The molecule has 0 amide bonds. The van der Waals surface area contributed by atoms with E-state index in [-0.39, 0.29) is 75.1 Å². The predicted octanol–water partition coefficient (Wildman–Crippen LogP) is 6.79. The van der Waals surface area contributed by atoms with Crippen molar-refractivity contribution in [1.82, 2.24) is 0 Å². The number of benzene rings is 2. The summed E-state index contributed by atoms with van der Waals surface area (Å²) in [6.07, 6.45) is -0.0466. The Morgan fingerprint density at radius 3 is 1.37 bits per heavy atom. The number of aliphatic carboxylic acids is 1. The third-order valence-corrected chi connectivity index (χ3v) is 14.3. The molecule has 89 heavy (non-hydrogen) atoms. The van der Waals surface area contributed by atoms with E-state index in [1.807, 2.05) is 44.2 Å². The first-order valence-corrected chi connectivity index (χ1v) is 29.9. The Kier molecular flexibility index (Phi) is 41.7. The molecular formula is C60H77N10NaO16S2. The van der Waals surface area contributed by atoms with E-state index in [1.165, 1.54) is 22.7 Å². The number of thiophene rings is 2. The minimum Gasteiger partial charge on any atom is -0.550 e. The van der Waals surface area contributed by atoms with Crippen molar-refractivity contribution < 1.29 is 106 Å². The first-order chi connectivity index (χ1) is 42.6. The van der Waals surface area contributed by atoms with Gasteiger partial charge in [-0.25, -0.2) is 14.5 Å². The van der Waals surface area contributed by atoms with E-state index in [4.69, 9.17) is 67.5 Å². The summed E-state index contributed by atoms with van der Waals surface area (Å²) in [7, 11) is 0. The van der Waals surface area contributed by atoms with E-state index in [1.54, 1.807) is 13.8 Å². The number of anilines is 2. The number of aliphatic hydroxyl groups is 1. The van der Waals surface area contributed by atoms with E-state index in [0.29, 0.717) is 154 Å². The standard InChI is InChI=1S/C30H39N5O8S.C26H35N5O5S.C4H4O3.Na/c1-5-35(24-6-7-25(22(2)20-24)33-34-30-29(32-4)23(3)26(21-31)44-30)10-11-39-12-13-40-14-15-41-16-17-42-18-19-43-28(38)9-8-27(36)37;1-6-31(9-11-33-13-15-35-17-18-36-16-14-34-12-10-32)22-7-8-23(20(2)19-22)29-30-26-24(27-4)21(3)25(28-5)37-26;5-3-1-2-4(6)7-3;/h6-7,20H,5,8-19H2,1-3H3,(H,36,37);7-8,19,32H,6,9-18H2,1-3H3;1-2H2;/q;;;+1/p-1. The maximum absolute atomic E-state index is 11.2. The summed E-state index contributed by atoms with van der Waals surface area (Å²) >= 11 is 2.36. The van der Waals surface area contributed by atoms with Gasteiger partial charge >= 0.3 is 47.5 Å². The fourth-order valence-corrected chi connectivity index (χ4v) is 9.20. The summed E-state index contributed by atoms with van der Waals surface area (Å²) in [4.78, 5) is 56.9. The number of likely N-dealkylation sites (N-methyl/N-ethyl adjacent to an activating group) is 2. The number of hydrogen-bond donors (Lipinski definition) is 1. The molecule has 4 aromatic rings. The summed E-state index contributed by atoms with van der Waals surface area (Å²) in [5.74, 6) is -2.68. The maximum atomic E-state index is 11.2.